The minimum Gasteiger partial charge on any atom is -0.392 e. The number of carbonyl (C=O) groups excluding carboxylic acids is 1. The molecule has 1 aromatic heterocycles. The van der Waals surface area contributed by atoms with E-state index >= 15 is 0 Å². The molecule has 2 heterocycles. The lowest BCUT2D eigenvalue weighted by atomic mass is 9.91. The molecule has 3 N–H and O–H groups in total. The van der Waals surface area contributed by atoms with Gasteiger partial charge in [0, 0.05) is 63.5 Å². The molecule has 1 aliphatic carbocycles. The smallest absolute Gasteiger partial charge is 0.224 e. The fourth-order valence-electron chi connectivity index (χ4n) is 6.11. The Bertz CT molecular complexity index is 1210. The third-order valence-electron chi connectivity index (χ3n) is 8.18. The quantitative estimate of drug-likeness (QED) is 0.375. The molecular formula is C32H40N4O3. The van der Waals surface area contributed by atoms with Crippen molar-refractivity contribution in [1.82, 2.24) is 20.1 Å². The number of aliphatic hydroxyl groups excluding tert-OH is 2. The number of benzene rings is 2. The van der Waals surface area contributed by atoms with E-state index in [0.29, 0.717) is 31.8 Å². The molecule has 1 amide bonds. The van der Waals surface area contributed by atoms with E-state index < -0.39 is 24.2 Å². The summed E-state index contributed by atoms with van der Waals surface area (Å²) in [6.45, 7) is 6.35. The maximum atomic E-state index is 13.6. The number of piperazine rings is 1. The van der Waals surface area contributed by atoms with Gasteiger partial charge in [0.15, 0.2) is 0 Å². The average molecular weight is 529 g/mol. The Morgan fingerprint density at radius 2 is 1.82 bits per heavy atom. The molecule has 7 nitrogen and oxygen atoms in total. The van der Waals surface area contributed by atoms with Crippen molar-refractivity contribution in [3.8, 4) is 0 Å². The summed E-state index contributed by atoms with van der Waals surface area (Å²) in [6.07, 6.45) is 3.90. The summed E-state index contributed by atoms with van der Waals surface area (Å²) >= 11 is 0. The highest BCUT2D eigenvalue weighted by Gasteiger charge is 2.34. The second-order valence-electron chi connectivity index (χ2n) is 11.2. The maximum Gasteiger partial charge on any atom is 0.224 e. The molecule has 39 heavy (non-hydrogen) atoms. The number of aromatic nitrogens is 1. The van der Waals surface area contributed by atoms with Gasteiger partial charge >= 0.3 is 0 Å². The normalized spacial score (nSPS) is 23.2. The highest BCUT2D eigenvalue weighted by atomic mass is 16.3. The minimum atomic E-state index is -0.641. The molecule has 5 atom stereocenters. The lowest BCUT2D eigenvalue weighted by Crippen LogP contribution is -2.53. The second-order valence-corrected chi connectivity index (χ2v) is 11.2. The van der Waals surface area contributed by atoms with Gasteiger partial charge in [0.05, 0.1) is 18.2 Å². The Morgan fingerprint density at radius 1 is 1.05 bits per heavy atom. The molecule has 0 spiro atoms. The summed E-state index contributed by atoms with van der Waals surface area (Å²) < 4.78 is 0. The van der Waals surface area contributed by atoms with Crippen molar-refractivity contribution in [2.75, 3.05) is 26.2 Å². The number of nitrogens with one attached hydrogen (secondary N) is 1. The molecule has 0 bridgehead atoms. The lowest BCUT2D eigenvalue weighted by molar-refractivity contribution is -0.127. The van der Waals surface area contributed by atoms with Crippen LogP contribution in [0.25, 0.3) is 0 Å². The van der Waals surface area contributed by atoms with Crippen LogP contribution in [0, 0.1) is 5.92 Å². The number of fused-ring (bicyclic) bond motifs is 1. The van der Waals surface area contributed by atoms with Gasteiger partial charge in [-0.25, -0.2) is 0 Å². The van der Waals surface area contributed by atoms with Crippen molar-refractivity contribution in [1.29, 1.82) is 0 Å². The summed E-state index contributed by atoms with van der Waals surface area (Å²) in [7, 11) is 0. The second kappa shape index (κ2) is 12.8. The van der Waals surface area contributed by atoms with E-state index in [9.17, 15) is 15.0 Å². The van der Waals surface area contributed by atoms with Crippen molar-refractivity contribution >= 4 is 5.91 Å². The standard InChI is InChI=1S/C32H40N4O3/c1-23-20-35(21-25-10-7-13-33-19-25)14-15-36(23)22-28(37)17-27(16-24-8-3-2-4-9-24)32(39)34-31-29-12-6-5-11-26(29)18-30(31)38/h2-13,19,23,27-28,30-31,37-38H,14-18,20-22H2,1H3,(H,34,39)/t23-,27-,28+,30-,31+/m1/s1. The van der Waals surface area contributed by atoms with Crippen LogP contribution in [0.5, 0.6) is 0 Å². The Hall–Kier alpha value is -3.10. The number of carbonyl (C=O) groups is 1. The van der Waals surface area contributed by atoms with Gasteiger partial charge in [-0.1, -0.05) is 60.7 Å². The SMILES string of the molecule is C[C@@H]1CN(Cc2cccnc2)CCN1C[C@@H](O)C[C@@H](Cc1ccccc1)C(=O)N[C@H]1c2ccccc2C[C@H]1O. The summed E-state index contributed by atoms with van der Waals surface area (Å²) in [4.78, 5) is 22.6. The van der Waals surface area contributed by atoms with Crippen LogP contribution in [0.15, 0.2) is 79.1 Å². The van der Waals surface area contributed by atoms with Gasteiger partial charge < -0.3 is 15.5 Å². The number of hydrogen-bond donors (Lipinski definition) is 3. The van der Waals surface area contributed by atoms with Crippen LogP contribution in [0.1, 0.15) is 41.6 Å². The largest absolute Gasteiger partial charge is 0.392 e. The van der Waals surface area contributed by atoms with E-state index in [1.165, 1.54) is 5.56 Å². The van der Waals surface area contributed by atoms with Crippen molar-refractivity contribution in [2.24, 2.45) is 5.92 Å². The molecule has 1 saturated heterocycles. The molecule has 0 unspecified atom stereocenters. The van der Waals surface area contributed by atoms with E-state index in [2.05, 4.69) is 33.1 Å². The van der Waals surface area contributed by atoms with E-state index in [0.717, 1.165) is 42.9 Å². The number of hydrogen-bond acceptors (Lipinski definition) is 6. The van der Waals surface area contributed by atoms with Gasteiger partial charge in [-0.3, -0.25) is 19.6 Å². The molecule has 206 valence electrons. The fourth-order valence-corrected chi connectivity index (χ4v) is 6.11. The van der Waals surface area contributed by atoms with Gasteiger partial charge in [-0.2, -0.15) is 0 Å². The maximum absolute atomic E-state index is 13.6. The monoisotopic (exact) mass is 528 g/mol. The van der Waals surface area contributed by atoms with Gasteiger partial charge in [-0.15, -0.1) is 0 Å². The zero-order valence-electron chi connectivity index (χ0n) is 22.7. The van der Waals surface area contributed by atoms with E-state index in [1.54, 1.807) is 6.20 Å². The number of amides is 1. The molecule has 3 aromatic rings. The number of aliphatic hydroxyl groups is 2. The minimum absolute atomic E-state index is 0.118. The van der Waals surface area contributed by atoms with Crippen LogP contribution >= 0.6 is 0 Å². The third-order valence-corrected chi connectivity index (χ3v) is 8.18. The van der Waals surface area contributed by atoms with Crippen LogP contribution in [-0.4, -0.2) is 75.3 Å². The first kappa shape index (κ1) is 27.5. The number of nitrogens with zero attached hydrogens (tertiary/aromatic N) is 3. The Labute approximate surface area is 231 Å². The molecular weight excluding hydrogens is 488 g/mol. The van der Waals surface area contributed by atoms with Crippen LogP contribution < -0.4 is 5.32 Å². The van der Waals surface area contributed by atoms with Crippen molar-refractivity contribution in [2.45, 2.75) is 57.0 Å². The molecule has 1 aliphatic heterocycles. The molecule has 2 aliphatic rings. The Kier molecular flexibility index (Phi) is 9.04. The highest BCUT2D eigenvalue weighted by Crippen LogP contribution is 2.32. The fraction of sp³-hybridized carbons (Fsp3) is 0.438. The Morgan fingerprint density at radius 3 is 2.59 bits per heavy atom. The van der Waals surface area contributed by atoms with Crippen molar-refractivity contribution in [3.63, 3.8) is 0 Å². The number of rotatable bonds is 10. The van der Waals surface area contributed by atoms with Crippen molar-refractivity contribution < 1.29 is 15.0 Å². The van der Waals surface area contributed by atoms with Gasteiger partial charge in [0.2, 0.25) is 5.91 Å². The van der Waals surface area contributed by atoms with E-state index in [-0.39, 0.29) is 5.91 Å². The van der Waals surface area contributed by atoms with E-state index in [1.807, 2.05) is 66.9 Å². The first-order valence-corrected chi connectivity index (χ1v) is 14.1. The molecule has 0 saturated carbocycles. The first-order chi connectivity index (χ1) is 19.0. The first-order valence-electron chi connectivity index (χ1n) is 14.1. The number of β-amino-alcohol motifs (C(OH)–C–C–N with tert-alkyl or cyclic N) is 1. The summed E-state index contributed by atoms with van der Waals surface area (Å²) in [5.74, 6) is -0.516. The topological polar surface area (TPSA) is 88.9 Å². The Balaban J connectivity index is 1.20. The summed E-state index contributed by atoms with van der Waals surface area (Å²) in [6, 6.07) is 21.8. The molecule has 0 radical (unpaired) electrons. The molecule has 2 aromatic carbocycles. The predicted octanol–water partition coefficient (Wildman–Crippen LogP) is 2.97. The zero-order valence-corrected chi connectivity index (χ0v) is 22.7. The zero-order chi connectivity index (χ0) is 27.2. The van der Waals surface area contributed by atoms with Gasteiger partial charge in [0.25, 0.3) is 0 Å². The van der Waals surface area contributed by atoms with Crippen LogP contribution in [0.3, 0.4) is 0 Å². The number of pyridine rings is 1. The molecule has 1 fully saturated rings. The van der Waals surface area contributed by atoms with Crippen LogP contribution in [0.4, 0.5) is 0 Å². The van der Waals surface area contributed by atoms with Crippen molar-refractivity contribution in [3.05, 3.63) is 101 Å². The third kappa shape index (κ3) is 7.11. The average Bonchev–Trinajstić information content (AvgIpc) is 3.25. The van der Waals surface area contributed by atoms with Gasteiger partial charge in [-0.05, 0) is 48.1 Å². The van der Waals surface area contributed by atoms with E-state index in [4.69, 9.17) is 0 Å². The highest BCUT2D eigenvalue weighted by molar-refractivity contribution is 5.79. The summed E-state index contributed by atoms with van der Waals surface area (Å²) in [5, 5.41) is 25.0. The summed E-state index contributed by atoms with van der Waals surface area (Å²) in [5.41, 5.74) is 4.33. The van der Waals surface area contributed by atoms with Crippen LogP contribution in [0.2, 0.25) is 0 Å². The predicted molar refractivity (Wildman–Crippen MR) is 152 cm³/mol. The van der Waals surface area contributed by atoms with Crippen LogP contribution in [-0.2, 0) is 24.2 Å². The lowest BCUT2D eigenvalue weighted by Gasteiger charge is -2.41. The molecule has 7 heteroatoms. The van der Waals surface area contributed by atoms with Gasteiger partial charge in [0.1, 0.15) is 0 Å². The molecule has 5 rings (SSSR count).